The van der Waals surface area contributed by atoms with Gasteiger partial charge in [0, 0.05) is 25.7 Å². The van der Waals surface area contributed by atoms with Gasteiger partial charge < -0.3 is 14.9 Å². The standard InChI is InChI=1S/C12H29N3O/c1-6-7-12(16)13-11(2)10-15(5)9-8-14(3)4/h11-13,16H,6-10H2,1-5H3. The van der Waals surface area contributed by atoms with Crippen molar-refractivity contribution < 1.29 is 5.11 Å². The van der Waals surface area contributed by atoms with Gasteiger partial charge in [0.15, 0.2) is 0 Å². The molecule has 2 atom stereocenters. The Kier molecular flexibility index (Phi) is 8.84. The molecular formula is C12H29N3O. The summed E-state index contributed by atoms with van der Waals surface area (Å²) in [7, 11) is 6.29. The quantitative estimate of drug-likeness (QED) is 0.569. The van der Waals surface area contributed by atoms with Crippen molar-refractivity contribution in [2.24, 2.45) is 0 Å². The fourth-order valence-electron chi connectivity index (χ4n) is 1.67. The zero-order chi connectivity index (χ0) is 12.6. The van der Waals surface area contributed by atoms with Crippen LogP contribution in [0.1, 0.15) is 26.7 Å². The summed E-state index contributed by atoms with van der Waals surface area (Å²) in [5.41, 5.74) is 0. The number of aliphatic hydroxyl groups excluding tert-OH is 1. The van der Waals surface area contributed by atoms with Crippen LogP contribution in [0.15, 0.2) is 0 Å². The Morgan fingerprint density at radius 1 is 1.19 bits per heavy atom. The highest BCUT2D eigenvalue weighted by molar-refractivity contribution is 4.67. The van der Waals surface area contributed by atoms with Gasteiger partial charge in [0.1, 0.15) is 6.23 Å². The monoisotopic (exact) mass is 231 g/mol. The molecular weight excluding hydrogens is 202 g/mol. The molecule has 0 spiro atoms. The minimum absolute atomic E-state index is 0.328. The molecule has 0 aromatic rings. The molecule has 0 aromatic carbocycles. The third kappa shape index (κ3) is 9.09. The van der Waals surface area contributed by atoms with Crippen molar-refractivity contribution in [1.82, 2.24) is 15.1 Å². The first kappa shape index (κ1) is 15.8. The number of nitrogens with one attached hydrogen (secondary N) is 1. The van der Waals surface area contributed by atoms with Crippen LogP contribution in [0, 0.1) is 0 Å². The third-order valence-corrected chi connectivity index (χ3v) is 2.55. The Balaban J connectivity index is 3.64. The van der Waals surface area contributed by atoms with E-state index in [0.29, 0.717) is 6.04 Å². The van der Waals surface area contributed by atoms with Gasteiger partial charge in [0.25, 0.3) is 0 Å². The molecule has 0 fully saturated rings. The summed E-state index contributed by atoms with van der Waals surface area (Å²) in [6.45, 7) is 7.29. The molecule has 0 amide bonds. The maximum absolute atomic E-state index is 9.61. The van der Waals surface area contributed by atoms with Crippen molar-refractivity contribution in [1.29, 1.82) is 0 Å². The summed E-state index contributed by atoms with van der Waals surface area (Å²) in [4.78, 5) is 4.47. The van der Waals surface area contributed by atoms with Crippen molar-refractivity contribution in [3.8, 4) is 0 Å². The van der Waals surface area contributed by atoms with Gasteiger partial charge in [-0.05, 0) is 34.5 Å². The van der Waals surface area contributed by atoms with Crippen LogP contribution in [-0.2, 0) is 0 Å². The molecule has 16 heavy (non-hydrogen) atoms. The van der Waals surface area contributed by atoms with E-state index in [0.717, 1.165) is 32.5 Å². The molecule has 2 unspecified atom stereocenters. The second-order valence-corrected chi connectivity index (χ2v) is 4.94. The second-order valence-electron chi connectivity index (χ2n) is 4.94. The van der Waals surface area contributed by atoms with Crippen LogP contribution in [-0.4, -0.2) is 68.0 Å². The highest BCUT2D eigenvalue weighted by Crippen LogP contribution is 1.96. The van der Waals surface area contributed by atoms with Crippen molar-refractivity contribution in [3.63, 3.8) is 0 Å². The first-order valence-electron chi connectivity index (χ1n) is 6.23. The van der Waals surface area contributed by atoms with Gasteiger partial charge in [0.2, 0.25) is 0 Å². The van der Waals surface area contributed by atoms with Crippen LogP contribution in [0.3, 0.4) is 0 Å². The molecule has 0 aliphatic rings. The summed E-state index contributed by atoms with van der Waals surface area (Å²) in [6.07, 6.45) is 1.48. The fraction of sp³-hybridized carbons (Fsp3) is 1.00. The molecule has 0 bridgehead atoms. The maximum Gasteiger partial charge on any atom is 0.105 e. The topological polar surface area (TPSA) is 38.7 Å². The lowest BCUT2D eigenvalue weighted by Crippen LogP contribution is -2.44. The molecule has 0 aromatic heterocycles. The third-order valence-electron chi connectivity index (χ3n) is 2.55. The van der Waals surface area contributed by atoms with Crippen LogP contribution in [0.2, 0.25) is 0 Å². The van der Waals surface area contributed by atoms with Crippen LogP contribution in [0.5, 0.6) is 0 Å². The van der Waals surface area contributed by atoms with Gasteiger partial charge in [-0.2, -0.15) is 0 Å². The smallest absolute Gasteiger partial charge is 0.105 e. The lowest BCUT2D eigenvalue weighted by molar-refractivity contribution is 0.106. The normalized spacial score (nSPS) is 15.8. The average molecular weight is 231 g/mol. The summed E-state index contributed by atoms with van der Waals surface area (Å²) in [5.74, 6) is 0. The van der Waals surface area contributed by atoms with E-state index in [1.807, 2.05) is 0 Å². The lowest BCUT2D eigenvalue weighted by Gasteiger charge is -2.25. The minimum Gasteiger partial charge on any atom is -0.379 e. The van der Waals surface area contributed by atoms with Crippen LogP contribution < -0.4 is 5.32 Å². The van der Waals surface area contributed by atoms with Crippen molar-refractivity contribution in [3.05, 3.63) is 0 Å². The highest BCUT2D eigenvalue weighted by atomic mass is 16.3. The molecule has 0 heterocycles. The number of aliphatic hydroxyl groups is 1. The number of hydrogen-bond acceptors (Lipinski definition) is 4. The Labute approximate surface area is 101 Å². The molecule has 4 heteroatoms. The number of nitrogens with zero attached hydrogens (tertiary/aromatic N) is 2. The zero-order valence-electron chi connectivity index (χ0n) is 11.5. The van der Waals surface area contributed by atoms with Gasteiger partial charge in [-0.3, -0.25) is 5.32 Å². The number of rotatable bonds is 9. The van der Waals surface area contributed by atoms with E-state index in [9.17, 15) is 5.11 Å². The van der Waals surface area contributed by atoms with Gasteiger partial charge in [-0.15, -0.1) is 0 Å². The van der Waals surface area contributed by atoms with E-state index < -0.39 is 0 Å². The Hall–Kier alpha value is -0.160. The first-order chi connectivity index (χ1) is 7.45. The second kappa shape index (κ2) is 8.93. The predicted octanol–water partition coefficient (Wildman–Crippen LogP) is 0.576. The Morgan fingerprint density at radius 3 is 2.31 bits per heavy atom. The van der Waals surface area contributed by atoms with E-state index >= 15 is 0 Å². The fourth-order valence-corrected chi connectivity index (χ4v) is 1.67. The van der Waals surface area contributed by atoms with Gasteiger partial charge in [-0.1, -0.05) is 13.3 Å². The summed E-state index contributed by atoms with van der Waals surface area (Å²) >= 11 is 0. The molecule has 2 N–H and O–H groups in total. The van der Waals surface area contributed by atoms with E-state index in [2.05, 4.69) is 50.1 Å². The molecule has 0 saturated heterocycles. The number of hydrogen-bond donors (Lipinski definition) is 2. The molecule has 0 rings (SSSR count). The minimum atomic E-state index is -0.359. The first-order valence-corrected chi connectivity index (χ1v) is 6.23. The molecule has 4 nitrogen and oxygen atoms in total. The van der Waals surface area contributed by atoms with Gasteiger partial charge in [-0.25, -0.2) is 0 Å². The van der Waals surface area contributed by atoms with E-state index in [1.165, 1.54) is 0 Å². The van der Waals surface area contributed by atoms with Crippen molar-refractivity contribution >= 4 is 0 Å². The van der Waals surface area contributed by atoms with Crippen LogP contribution in [0.4, 0.5) is 0 Å². The van der Waals surface area contributed by atoms with Gasteiger partial charge >= 0.3 is 0 Å². The van der Waals surface area contributed by atoms with E-state index in [-0.39, 0.29) is 6.23 Å². The predicted molar refractivity (Wildman–Crippen MR) is 69.6 cm³/mol. The Bertz CT molecular complexity index is 164. The molecule has 98 valence electrons. The van der Waals surface area contributed by atoms with Gasteiger partial charge in [0.05, 0.1) is 0 Å². The Morgan fingerprint density at radius 2 is 1.81 bits per heavy atom. The van der Waals surface area contributed by atoms with Crippen molar-refractivity contribution in [2.45, 2.75) is 39.0 Å². The molecule has 0 aliphatic heterocycles. The largest absolute Gasteiger partial charge is 0.379 e. The van der Waals surface area contributed by atoms with Crippen molar-refractivity contribution in [2.75, 3.05) is 40.8 Å². The molecule has 0 radical (unpaired) electrons. The number of likely N-dealkylation sites (N-methyl/N-ethyl adjacent to an activating group) is 2. The average Bonchev–Trinajstić information content (AvgIpc) is 2.14. The SMILES string of the molecule is CCCC(O)NC(C)CN(C)CCN(C)C. The van der Waals surface area contributed by atoms with Crippen LogP contribution >= 0.6 is 0 Å². The molecule has 0 saturated carbocycles. The highest BCUT2D eigenvalue weighted by Gasteiger charge is 2.10. The molecule has 0 aliphatic carbocycles. The summed E-state index contributed by atoms with van der Waals surface area (Å²) < 4.78 is 0. The van der Waals surface area contributed by atoms with E-state index in [1.54, 1.807) is 0 Å². The maximum atomic E-state index is 9.61. The van der Waals surface area contributed by atoms with E-state index in [4.69, 9.17) is 0 Å². The lowest BCUT2D eigenvalue weighted by atomic mass is 10.2. The summed E-state index contributed by atoms with van der Waals surface area (Å²) in [5, 5.41) is 12.8. The summed E-state index contributed by atoms with van der Waals surface area (Å²) in [6, 6.07) is 0.328. The zero-order valence-corrected chi connectivity index (χ0v) is 11.5. The van der Waals surface area contributed by atoms with Crippen LogP contribution in [0.25, 0.3) is 0 Å².